The summed E-state index contributed by atoms with van der Waals surface area (Å²) >= 11 is 0. The predicted octanol–water partition coefficient (Wildman–Crippen LogP) is 5.14. The van der Waals surface area contributed by atoms with Crippen LogP contribution in [0.5, 0.6) is 0 Å². The van der Waals surface area contributed by atoms with Gasteiger partial charge in [-0.2, -0.15) is 0 Å². The summed E-state index contributed by atoms with van der Waals surface area (Å²) in [5, 5.41) is 0. The Hall–Kier alpha value is -2.24. The van der Waals surface area contributed by atoms with Gasteiger partial charge in [-0.15, -0.1) is 0 Å². The number of ether oxygens (including phenoxy) is 2. The van der Waals surface area contributed by atoms with E-state index < -0.39 is 5.60 Å². The molecule has 160 valence electrons. The number of carbonyl (C=O) groups is 2. The van der Waals surface area contributed by atoms with Gasteiger partial charge in [-0.05, 0) is 38.0 Å². The van der Waals surface area contributed by atoms with Crippen molar-refractivity contribution in [3.63, 3.8) is 0 Å². The standard InChI is InChI=1S/C13H18N2O2.C5H8O2.2C2H6/c1-13(2,3)17-12(16)15-7-9-5-4-6-11(14)10(9)8-15;1-4-2-5(6)7-3-4;2*1-2/h4-6H,7-8,14H2,1-3H3;4H,2-3H2,1H3;2*1-2H3. The van der Waals surface area contributed by atoms with E-state index in [0.717, 1.165) is 16.8 Å². The number of benzene rings is 1. The first kappa shape index (κ1) is 25.8. The van der Waals surface area contributed by atoms with Crippen molar-refractivity contribution in [1.82, 2.24) is 4.90 Å². The molecular formula is C22H38N2O4. The molecule has 6 nitrogen and oxygen atoms in total. The van der Waals surface area contributed by atoms with Crippen LogP contribution < -0.4 is 5.73 Å². The lowest BCUT2D eigenvalue weighted by Gasteiger charge is -2.24. The molecular weight excluding hydrogens is 356 g/mol. The SMILES string of the molecule is CC.CC.CC(C)(C)OC(=O)N1Cc2cccc(N)c2C1.CC1COC(=O)C1. The fourth-order valence-corrected chi connectivity index (χ4v) is 2.54. The van der Waals surface area contributed by atoms with Crippen LogP contribution in [-0.2, 0) is 27.4 Å². The number of nitrogens with two attached hydrogens (primary N) is 1. The molecule has 28 heavy (non-hydrogen) atoms. The van der Waals surface area contributed by atoms with Crippen molar-refractivity contribution in [3.05, 3.63) is 29.3 Å². The fourth-order valence-electron chi connectivity index (χ4n) is 2.54. The number of carbonyl (C=O) groups excluding carboxylic acids is 2. The van der Waals surface area contributed by atoms with Crippen LogP contribution in [0.3, 0.4) is 0 Å². The van der Waals surface area contributed by atoms with Gasteiger partial charge in [-0.3, -0.25) is 9.69 Å². The smallest absolute Gasteiger partial charge is 0.410 e. The van der Waals surface area contributed by atoms with E-state index in [2.05, 4.69) is 4.74 Å². The number of nitrogens with zero attached hydrogens (tertiary/aromatic N) is 1. The lowest BCUT2D eigenvalue weighted by molar-refractivity contribution is -0.137. The molecule has 0 aliphatic carbocycles. The third-order valence-electron chi connectivity index (χ3n) is 3.72. The highest BCUT2D eigenvalue weighted by Crippen LogP contribution is 2.28. The van der Waals surface area contributed by atoms with E-state index in [1.165, 1.54) is 0 Å². The molecule has 0 bridgehead atoms. The van der Waals surface area contributed by atoms with E-state index in [9.17, 15) is 9.59 Å². The van der Waals surface area contributed by atoms with E-state index in [-0.39, 0.29) is 12.1 Å². The normalized spacial score (nSPS) is 16.9. The van der Waals surface area contributed by atoms with Gasteiger partial charge in [0.2, 0.25) is 0 Å². The Labute approximate surface area is 170 Å². The molecule has 1 aromatic carbocycles. The highest BCUT2D eigenvalue weighted by atomic mass is 16.6. The molecule has 1 aromatic rings. The van der Waals surface area contributed by atoms with E-state index in [4.69, 9.17) is 10.5 Å². The Morgan fingerprint density at radius 1 is 1.18 bits per heavy atom. The molecule has 6 heteroatoms. The Kier molecular flexibility index (Phi) is 11.3. The number of anilines is 1. The number of amides is 1. The lowest BCUT2D eigenvalue weighted by Crippen LogP contribution is -2.33. The van der Waals surface area contributed by atoms with Gasteiger partial charge in [0.25, 0.3) is 0 Å². The molecule has 1 atom stereocenters. The molecule has 0 radical (unpaired) electrons. The Balaban J connectivity index is 0.000000553. The summed E-state index contributed by atoms with van der Waals surface area (Å²) in [6.07, 6.45) is 0.327. The van der Waals surface area contributed by atoms with Crippen molar-refractivity contribution in [3.8, 4) is 0 Å². The summed E-state index contributed by atoms with van der Waals surface area (Å²) in [4.78, 5) is 23.8. The summed E-state index contributed by atoms with van der Waals surface area (Å²) < 4.78 is 9.97. The quantitative estimate of drug-likeness (QED) is 0.486. The summed E-state index contributed by atoms with van der Waals surface area (Å²) in [5.41, 5.74) is 8.31. The van der Waals surface area contributed by atoms with E-state index in [1.54, 1.807) is 4.90 Å². The number of hydrogen-bond donors (Lipinski definition) is 1. The molecule has 2 heterocycles. The van der Waals surface area contributed by atoms with Gasteiger partial charge < -0.3 is 15.2 Å². The van der Waals surface area contributed by atoms with Crippen LogP contribution in [0.1, 0.15) is 72.9 Å². The molecule has 1 amide bonds. The summed E-state index contributed by atoms with van der Waals surface area (Å²) in [6.45, 7) is 17.3. The first-order valence-corrected chi connectivity index (χ1v) is 10.2. The molecule has 1 fully saturated rings. The zero-order valence-electron chi connectivity index (χ0n) is 18.8. The van der Waals surface area contributed by atoms with Crippen LogP contribution in [0.15, 0.2) is 18.2 Å². The number of fused-ring (bicyclic) bond motifs is 1. The van der Waals surface area contributed by atoms with E-state index >= 15 is 0 Å². The third kappa shape index (κ3) is 8.63. The molecule has 1 unspecified atom stereocenters. The van der Waals surface area contributed by atoms with Gasteiger partial charge in [0, 0.05) is 18.2 Å². The fraction of sp³-hybridized carbons (Fsp3) is 0.636. The number of cyclic esters (lactones) is 1. The van der Waals surface area contributed by atoms with Crippen LogP contribution in [0.25, 0.3) is 0 Å². The second-order valence-electron chi connectivity index (χ2n) is 7.31. The number of esters is 1. The molecule has 0 saturated carbocycles. The molecule has 2 aliphatic rings. The third-order valence-corrected chi connectivity index (χ3v) is 3.72. The van der Waals surface area contributed by atoms with Crippen molar-refractivity contribution in [2.45, 2.75) is 80.5 Å². The van der Waals surface area contributed by atoms with Gasteiger partial charge in [0.15, 0.2) is 0 Å². The summed E-state index contributed by atoms with van der Waals surface area (Å²) in [5.74, 6) is 0.403. The first-order valence-electron chi connectivity index (χ1n) is 10.2. The zero-order valence-corrected chi connectivity index (χ0v) is 18.8. The van der Waals surface area contributed by atoms with E-state index in [1.807, 2.05) is 73.6 Å². The predicted molar refractivity (Wildman–Crippen MR) is 114 cm³/mol. The molecule has 0 aromatic heterocycles. The van der Waals surface area contributed by atoms with Crippen molar-refractivity contribution in [1.29, 1.82) is 0 Å². The van der Waals surface area contributed by atoms with Gasteiger partial charge in [-0.1, -0.05) is 46.8 Å². The average Bonchev–Trinajstić information content (AvgIpc) is 3.24. The number of nitrogen functional groups attached to an aromatic ring is 1. The molecule has 3 rings (SSSR count). The maximum Gasteiger partial charge on any atom is 0.410 e. The van der Waals surface area contributed by atoms with Crippen LogP contribution in [0.2, 0.25) is 0 Å². The monoisotopic (exact) mass is 394 g/mol. The van der Waals surface area contributed by atoms with Gasteiger partial charge in [0.1, 0.15) is 5.60 Å². The Morgan fingerprint density at radius 3 is 2.18 bits per heavy atom. The van der Waals surface area contributed by atoms with Crippen molar-refractivity contribution < 1.29 is 19.1 Å². The van der Waals surface area contributed by atoms with Gasteiger partial charge >= 0.3 is 12.1 Å². The number of rotatable bonds is 0. The van der Waals surface area contributed by atoms with Crippen molar-refractivity contribution in [2.24, 2.45) is 5.92 Å². The van der Waals surface area contributed by atoms with Crippen LogP contribution in [-0.4, -0.2) is 29.2 Å². The minimum Gasteiger partial charge on any atom is -0.465 e. The Bertz CT molecular complexity index is 623. The van der Waals surface area contributed by atoms with Gasteiger partial charge in [-0.25, -0.2) is 4.79 Å². The highest BCUT2D eigenvalue weighted by Gasteiger charge is 2.28. The average molecular weight is 395 g/mol. The van der Waals surface area contributed by atoms with Gasteiger partial charge in [0.05, 0.1) is 19.6 Å². The molecule has 2 aliphatic heterocycles. The first-order chi connectivity index (χ1) is 13.2. The van der Waals surface area contributed by atoms with Crippen LogP contribution in [0.4, 0.5) is 10.5 Å². The molecule has 2 N–H and O–H groups in total. The second-order valence-corrected chi connectivity index (χ2v) is 7.31. The number of hydrogen-bond acceptors (Lipinski definition) is 5. The topological polar surface area (TPSA) is 81.9 Å². The molecule has 1 saturated heterocycles. The summed E-state index contributed by atoms with van der Waals surface area (Å²) in [7, 11) is 0. The summed E-state index contributed by atoms with van der Waals surface area (Å²) in [6, 6.07) is 5.76. The molecule has 0 spiro atoms. The maximum atomic E-state index is 11.9. The largest absolute Gasteiger partial charge is 0.465 e. The highest BCUT2D eigenvalue weighted by molar-refractivity contribution is 5.71. The Morgan fingerprint density at radius 2 is 1.79 bits per heavy atom. The minimum atomic E-state index is -0.461. The van der Waals surface area contributed by atoms with Crippen LogP contribution in [0, 0.1) is 5.92 Å². The second kappa shape index (κ2) is 12.3. The minimum absolute atomic E-state index is 0.0486. The van der Waals surface area contributed by atoms with Crippen molar-refractivity contribution in [2.75, 3.05) is 12.3 Å². The zero-order chi connectivity index (χ0) is 21.9. The van der Waals surface area contributed by atoms with Crippen LogP contribution >= 0.6 is 0 Å². The van der Waals surface area contributed by atoms with E-state index in [0.29, 0.717) is 32.0 Å². The maximum absolute atomic E-state index is 11.9. The lowest BCUT2D eigenvalue weighted by atomic mass is 10.1. The van der Waals surface area contributed by atoms with Crippen molar-refractivity contribution >= 4 is 17.7 Å².